The molecule has 1 saturated heterocycles. The molecule has 5 nitrogen and oxygen atoms in total. The Hall–Kier alpha value is -1.04. The van der Waals surface area contributed by atoms with Crippen LogP contribution in [-0.2, 0) is 9.53 Å². The van der Waals surface area contributed by atoms with Gasteiger partial charge >= 0.3 is 0 Å². The second-order valence-corrected chi connectivity index (χ2v) is 5.87. The molecule has 126 valence electrons. The maximum atomic E-state index is 12.5. The summed E-state index contributed by atoms with van der Waals surface area (Å²) in [6.45, 7) is 5.53. The maximum Gasteiger partial charge on any atom is 0.223 e. The van der Waals surface area contributed by atoms with Crippen molar-refractivity contribution in [2.24, 2.45) is 5.92 Å². The molecule has 6 heteroatoms. The average molecular weight is 331 g/mol. The van der Waals surface area contributed by atoms with Crippen molar-refractivity contribution in [1.29, 1.82) is 0 Å². The van der Waals surface area contributed by atoms with E-state index in [9.17, 15) is 4.79 Å². The number of nitrogens with one attached hydrogen (secondary N) is 2. The first kappa shape index (κ1) is 19.0. The quantitative estimate of drug-likeness (QED) is 0.841. The molecule has 2 N–H and O–H groups in total. The Labute approximate surface area is 138 Å². The van der Waals surface area contributed by atoms with E-state index in [2.05, 4.69) is 17.6 Å². The molecule has 3 atom stereocenters. The van der Waals surface area contributed by atoms with Crippen molar-refractivity contribution in [1.82, 2.24) is 10.6 Å². The van der Waals surface area contributed by atoms with Gasteiger partial charge in [-0.25, -0.2) is 0 Å². The molecule has 2 rings (SSSR count). The van der Waals surface area contributed by atoms with Gasteiger partial charge in [-0.05, 0) is 51.8 Å². The highest BCUT2D eigenvalue weighted by atomic mass is 35.5. The van der Waals surface area contributed by atoms with Crippen molar-refractivity contribution in [2.75, 3.05) is 20.3 Å². The van der Waals surface area contributed by atoms with Gasteiger partial charge in [0.1, 0.15) is 11.5 Å². The fraction of sp³-hybridized carbons (Fsp3) is 0.688. The normalized spacial score (nSPS) is 22.7. The Balaban J connectivity index is 0.00000242. The van der Waals surface area contributed by atoms with Gasteiger partial charge in [0.15, 0.2) is 0 Å². The highest BCUT2D eigenvalue weighted by molar-refractivity contribution is 5.85. The summed E-state index contributed by atoms with van der Waals surface area (Å²) >= 11 is 0. The van der Waals surface area contributed by atoms with Crippen LogP contribution < -0.4 is 10.6 Å². The first-order valence-corrected chi connectivity index (χ1v) is 7.69. The molecule has 1 amide bonds. The van der Waals surface area contributed by atoms with Gasteiger partial charge in [-0.15, -0.1) is 12.4 Å². The number of methoxy groups -OCH3 is 1. The summed E-state index contributed by atoms with van der Waals surface area (Å²) in [5, 5.41) is 6.50. The Kier molecular flexibility index (Phi) is 7.93. The number of piperidine rings is 1. The molecule has 0 aromatic carbocycles. The zero-order chi connectivity index (χ0) is 15.2. The maximum absolute atomic E-state index is 12.5. The SMILES string of the molecule is COCCC(NC(=O)[C@H]1CCN[C@@H](C)C1)c1ccc(C)o1.Cl. The van der Waals surface area contributed by atoms with Gasteiger partial charge in [-0.3, -0.25) is 4.79 Å². The van der Waals surface area contributed by atoms with Gasteiger partial charge < -0.3 is 19.8 Å². The Morgan fingerprint density at radius 1 is 1.55 bits per heavy atom. The van der Waals surface area contributed by atoms with Crippen molar-refractivity contribution in [3.63, 3.8) is 0 Å². The van der Waals surface area contributed by atoms with Gasteiger partial charge in [-0.2, -0.15) is 0 Å². The predicted molar refractivity (Wildman–Crippen MR) is 88.3 cm³/mol. The monoisotopic (exact) mass is 330 g/mol. The number of amides is 1. The lowest BCUT2D eigenvalue weighted by molar-refractivity contribution is -0.127. The second-order valence-electron chi connectivity index (χ2n) is 5.87. The molecular weight excluding hydrogens is 304 g/mol. The molecule has 1 aliphatic rings. The largest absolute Gasteiger partial charge is 0.464 e. The van der Waals surface area contributed by atoms with Crippen molar-refractivity contribution in [3.8, 4) is 0 Å². The van der Waals surface area contributed by atoms with Crippen LogP contribution in [0.25, 0.3) is 0 Å². The number of rotatable bonds is 6. The van der Waals surface area contributed by atoms with Crippen LogP contribution in [0.1, 0.15) is 43.7 Å². The van der Waals surface area contributed by atoms with E-state index in [0.717, 1.165) is 37.3 Å². The van der Waals surface area contributed by atoms with Crippen LogP contribution in [0.4, 0.5) is 0 Å². The number of carbonyl (C=O) groups is 1. The molecule has 22 heavy (non-hydrogen) atoms. The molecule has 0 spiro atoms. The third kappa shape index (κ3) is 5.30. The number of hydrogen-bond acceptors (Lipinski definition) is 4. The van der Waals surface area contributed by atoms with Gasteiger partial charge in [0, 0.05) is 25.7 Å². The molecule has 2 heterocycles. The lowest BCUT2D eigenvalue weighted by atomic mass is 9.92. The summed E-state index contributed by atoms with van der Waals surface area (Å²) in [6.07, 6.45) is 2.50. The minimum absolute atomic E-state index is 0. The summed E-state index contributed by atoms with van der Waals surface area (Å²) in [4.78, 5) is 12.5. The van der Waals surface area contributed by atoms with Crippen LogP contribution in [0.5, 0.6) is 0 Å². The first-order chi connectivity index (χ1) is 10.1. The highest BCUT2D eigenvalue weighted by Crippen LogP contribution is 2.22. The zero-order valence-corrected chi connectivity index (χ0v) is 14.4. The third-order valence-electron chi connectivity index (χ3n) is 4.03. The van der Waals surface area contributed by atoms with Crippen LogP contribution in [0.15, 0.2) is 16.5 Å². The minimum Gasteiger partial charge on any atom is -0.464 e. The van der Waals surface area contributed by atoms with E-state index >= 15 is 0 Å². The second kappa shape index (κ2) is 9.18. The van der Waals surface area contributed by atoms with E-state index in [-0.39, 0.29) is 30.3 Å². The van der Waals surface area contributed by atoms with Crippen LogP contribution in [-0.4, -0.2) is 32.2 Å². The lowest BCUT2D eigenvalue weighted by Gasteiger charge is -2.28. The van der Waals surface area contributed by atoms with Gasteiger partial charge in [0.25, 0.3) is 0 Å². The van der Waals surface area contributed by atoms with Crippen LogP contribution in [0.2, 0.25) is 0 Å². The molecule has 1 aliphatic heterocycles. The van der Waals surface area contributed by atoms with Gasteiger partial charge in [0.05, 0.1) is 6.04 Å². The highest BCUT2D eigenvalue weighted by Gasteiger charge is 2.27. The molecular formula is C16H27ClN2O3. The summed E-state index contributed by atoms with van der Waals surface area (Å²) < 4.78 is 10.8. The van der Waals surface area contributed by atoms with Crippen molar-refractivity contribution in [2.45, 2.75) is 45.2 Å². The van der Waals surface area contributed by atoms with E-state index < -0.39 is 0 Å². The van der Waals surface area contributed by atoms with Crippen molar-refractivity contribution in [3.05, 3.63) is 23.7 Å². The van der Waals surface area contributed by atoms with Crippen LogP contribution in [0.3, 0.4) is 0 Å². The first-order valence-electron chi connectivity index (χ1n) is 7.69. The topological polar surface area (TPSA) is 63.5 Å². The summed E-state index contributed by atoms with van der Waals surface area (Å²) in [7, 11) is 1.67. The van der Waals surface area contributed by atoms with E-state index in [0.29, 0.717) is 12.6 Å². The zero-order valence-electron chi connectivity index (χ0n) is 13.6. The predicted octanol–water partition coefficient (Wildman–Crippen LogP) is 2.59. The number of halogens is 1. The molecule has 1 fully saturated rings. The van der Waals surface area contributed by atoms with Gasteiger partial charge in [-0.1, -0.05) is 0 Å². The Morgan fingerprint density at radius 2 is 2.32 bits per heavy atom. The third-order valence-corrected chi connectivity index (χ3v) is 4.03. The fourth-order valence-corrected chi connectivity index (χ4v) is 2.82. The Bertz CT molecular complexity index is 464. The van der Waals surface area contributed by atoms with E-state index in [1.165, 1.54) is 0 Å². The van der Waals surface area contributed by atoms with Gasteiger partial charge in [0.2, 0.25) is 5.91 Å². The van der Waals surface area contributed by atoms with E-state index in [4.69, 9.17) is 9.15 Å². The summed E-state index contributed by atoms with van der Waals surface area (Å²) in [5.74, 6) is 1.87. The average Bonchev–Trinajstić information content (AvgIpc) is 2.89. The number of hydrogen-bond donors (Lipinski definition) is 2. The summed E-state index contributed by atoms with van der Waals surface area (Å²) in [5.41, 5.74) is 0. The molecule has 0 aliphatic carbocycles. The van der Waals surface area contributed by atoms with Crippen LogP contribution >= 0.6 is 12.4 Å². The van der Waals surface area contributed by atoms with E-state index in [1.807, 2.05) is 19.1 Å². The van der Waals surface area contributed by atoms with Crippen LogP contribution in [0, 0.1) is 12.8 Å². The fourth-order valence-electron chi connectivity index (χ4n) is 2.82. The minimum atomic E-state index is -0.114. The standard InChI is InChI=1S/C16H26N2O3.ClH/c1-11-10-13(6-8-17-11)16(19)18-14(7-9-20-3)15-5-4-12(2)21-15;/h4-5,11,13-14,17H,6-10H2,1-3H3,(H,18,19);1H/t11-,13-,14?;/m0./s1. The Morgan fingerprint density at radius 3 is 2.91 bits per heavy atom. The van der Waals surface area contributed by atoms with E-state index in [1.54, 1.807) is 7.11 Å². The van der Waals surface area contributed by atoms with Crippen molar-refractivity contribution >= 4 is 18.3 Å². The number of furan rings is 1. The summed E-state index contributed by atoms with van der Waals surface area (Å²) in [6, 6.07) is 4.14. The molecule has 0 saturated carbocycles. The smallest absolute Gasteiger partial charge is 0.223 e. The molecule has 0 bridgehead atoms. The molecule has 0 radical (unpaired) electrons. The number of aryl methyl sites for hydroxylation is 1. The molecule has 1 unspecified atom stereocenters. The molecule has 1 aromatic heterocycles. The molecule has 1 aromatic rings. The number of carbonyl (C=O) groups excluding carboxylic acids is 1. The van der Waals surface area contributed by atoms with Crippen molar-refractivity contribution < 1.29 is 13.9 Å². The lowest BCUT2D eigenvalue weighted by Crippen LogP contribution is -2.43. The number of ether oxygens (including phenoxy) is 1.